The van der Waals surface area contributed by atoms with Crippen molar-refractivity contribution in [3.63, 3.8) is 0 Å². The summed E-state index contributed by atoms with van der Waals surface area (Å²) in [5, 5.41) is -0.0494. The van der Waals surface area contributed by atoms with Crippen LogP contribution in [0.4, 0.5) is 20.7 Å². The molecule has 0 N–H and O–H groups in total. The predicted molar refractivity (Wildman–Crippen MR) is 74.3 cm³/mol. The molecule has 20 heavy (non-hydrogen) atoms. The van der Waals surface area contributed by atoms with Crippen LogP contribution in [0, 0.1) is 5.82 Å². The number of rotatable bonds is 1. The van der Waals surface area contributed by atoms with Crippen LogP contribution in [0.15, 0.2) is 6.20 Å². The minimum atomic E-state index is -0.615. The molecule has 3 rings (SSSR count). The number of halogens is 2. The Morgan fingerprint density at radius 1 is 1.50 bits per heavy atom. The van der Waals surface area contributed by atoms with Crippen molar-refractivity contribution in [2.75, 3.05) is 25.6 Å². The van der Waals surface area contributed by atoms with Crippen molar-refractivity contribution in [2.45, 2.75) is 25.5 Å². The lowest BCUT2D eigenvalue weighted by atomic mass is 10.2. The number of amides is 2. The van der Waals surface area contributed by atoms with Gasteiger partial charge in [0.1, 0.15) is 11.3 Å². The second-order valence-electron chi connectivity index (χ2n) is 5.52. The average molecular weight is 301 g/mol. The van der Waals surface area contributed by atoms with Gasteiger partial charge in [-0.15, -0.1) is 0 Å². The second kappa shape index (κ2) is 4.65. The van der Waals surface area contributed by atoms with Gasteiger partial charge in [0.15, 0.2) is 5.82 Å². The maximum absolute atomic E-state index is 13.6. The van der Waals surface area contributed by atoms with Crippen LogP contribution in [0.25, 0.3) is 0 Å². The Hall–Kier alpha value is -1.24. The summed E-state index contributed by atoms with van der Waals surface area (Å²) in [4.78, 5) is 18.2. The number of urea groups is 1. The van der Waals surface area contributed by atoms with Crippen molar-refractivity contribution in [1.82, 2.24) is 9.47 Å². The van der Waals surface area contributed by atoms with Crippen molar-refractivity contribution < 1.29 is 13.9 Å². The Kier molecular flexibility index (Phi) is 3.19. The van der Waals surface area contributed by atoms with Crippen LogP contribution >= 0.6 is 11.6 Å². The van der Waals surface area contributed by atoms with Gasteiger partial charge in [-0.1, -0.05) is 11.6 Å². The van der Waals surface area contributed by atoms with Crippen LogP contribution in [-0.4, -0.2) is 37.9 Å². The molecule has 1 atom stereocenters. The minimum absolute atomic E-state index is 0.0494. The van der Waals surface area contributed by atoms with Gasteiger partial charge in [0, 0.05) is 6.61 Å². The van der Waals surface area contributed by atoms with Gasteiger partial charge in [0.25, 0.3) is 0 Å². The molecule has 2 amide bonds. The Morgan fingerprint density at radius 2 is 2.25 bits per heavy atom. The van der Waals surface area contributed by atoms with Crippen LogP contribution in [-0.2, 0) is 4.74 Å². The highest BCUT2D eigenvalue weighted by atomic mass is 35.5. The number of ether oxygens (including phenoxy) is 1. The molecule has 0 aromatic carbocycles. The molecule has 7 heteroatoms. The molecule has 108 valence electrons. The topological polar surface area (TPSA) is 42.4 Å². The van der Waals surface area contributed by atoms with Gasteiger partial charge in [-0.05, 0) is 19.3 Å². The molecule has 0 bridgehead atoms. The first-order chi connectivity index (χ1) is 9.44. The van der Waals surface area contributed by atoms with Gasteiger partial charge < -0.3 is 4.74 Å². The minimum Gasteiger partial charge on any atom is -0.358 e. The molecule has 5 nitrogen and oxygen atoms in total. The summed E-state index contributed by atoms with van der Waals surface area (Å²) >= 11 is 6.04. The van der Waals surface area contributed by atoms with Crippen molar-refractivity contribution >= 4 is 29.1 Å². The van der Waals surface area contributed by atoms with Crippen LogP contribution < -0.4 is 9.38 Å². The van der Waals surface area contributed by atoms with E-state index in [4.69, 9.17) is 16.3 Å². The van der Waals surface area contributed by atoms with E-state index in [9.17, 15) is 9.18 Å². The van der Waals surface area contributed by atoms with Gasteiger partial charge in [0.2, 0.25) is 11.5 Å². The number of hydrogen-bond donors (Lipinski definition) is 0. The summed E-state index contributed by atoms with van der Waals surface area (Å²) in [5.41, 5.74) is 0.394. The molecule has 3 heterocycles. The van der Waals surface area contributed by atoms with Crippen LogP contribution in [0.5, 0.6) is 0 Å². The molecule has 2 aliphatic rings. The zero-order chi connectivity index (χ0) is 14.5. The van der Waals surface area contributed by atoms with E-state index in [1.807, 2.05) is 0 Å². The number of carbonyl (C=O) groups excluding carboxylic acids is 1. The first-order valence-corrected chi connectivity index (χ1v) is 6.96. The molecule has 1 aromatic heterocycles. The van der Waals surface area contributed by atoms with E-state index in [2.05, 4.69) is 4.98 Å². The zero-order valence-electron chi connectivity index (χ0n) is 11.4. The summed E-state index contributed by atoms with van der Waals surface area (Å²) in [6.07, 6.45) is 3.44. The van der Waals surface area contributed by atoms with Gasteiger partial charge in [-0.3, -0.25) is 0 Å². The Balaban J connectivity index is 2.11. The van der Waals surface area contributed by atoms with Crippen LogP contribution in [0.1, 0.15) is 19.3 Å². The molecule has 0 spiro atoms. The summed E-state index contributed by atoms with van der Waals surface area (Å²) in [6, 6.07) is -0.202. The molecule has 0 radical (unpaired) electrons. The standard InChI is InChI=1S/C13H16ClFN3O2/c1-18(2)11-10(14)8(15)7-16-12(11)17(13(18)19)9-5-3-4-6-20-9/h7,9H,3-6H2,1-2H3/q+1. The maximum atomic E-state index is 13.6. The monoisotopic (exact) mass is 300 g/mol. The molecule has 2 aliphatic heterocycles. The third-order valence-corrected chi connectivity index (χ3v) is 4.20. The molecule has 1 saturated heterocycles. The van der Waals surface area contributed by atoms with E-state index < -0.39 is 5.82 Å². The highest BCUT2D eigenvalue weighted by molar-refractivity contribution is 6.35. The number of carbonyl (C=O) groups is 1. The summed E-state index contributed by atoms with van der Waals surface area (Å²) in [6.45, 7) is 0.617. The molecule has 1 unspecified atom stereocenters. The quantitative estimate of drug-likeness (QED) is 0.749. The SMILES string of the molecule is C[N+]1(C)C(=O)N(C2CCCCO2)c2ncc(F)c(Cl)c21. The average Bonchev–Trinajstić information content (AvgIpc) is 2.63. The Morgan fingerprint density at radius 3 is 2.90 bits per heavy atom. The molecular formula is C13H16ClFN3O2+. The van der Waals surface area contributed by atoms with Crippen molar-refractivity contribution in [3.05, 3.63) is 17.0 Å². The molecule has 1 aromatic rings. The van der Waals surface area contributed by atoms with E-state index in [1.54, 1.807) is 14.1 Å². The predicted octanol–water partition coefficient (Wildman–Crippen LogP) is 2.91. The number of pyridine rings is 1. The van der Waals surface area contributed by atoms with Crippen LogP contribution in [0.2, 0.25) is 5.02 Å². The van der Waals surface area contributed by atoms with E-state index in [1.165, 1.54) is 4.90 Å². The van der Waals surface area contributed by atoms with E-state index >= 15 is 0 Å². The molecule has 0 aliphatic carbocycles. The van der Waals surface area contributed by atoms with E-state index in [0.717, 1.165) is 25.5 Å². The van der Waals surface area contributed by atoms with Gasteiger partial charge in [0.05, 0.1) is 20.3 Å². The number of nitrogens with zero attached hydrogens (tertiary/aromatic N) is 3. The van der Waals surface area contributed by atoms with Gasteiger partial charge in [-0.25, -0.2) is 23.6 Å². The van der Waals surface area contributed by atoms with Crippen molar-refractivity contribution in [1.29, 1.82) is 0 Å². The number of anilines is 1. The second-order valence-corrected chi connectivity index (χ2v) is 5.90. The first kappa shape index (κ1) is 13.7. The van der Waals surface area contributed by atoms with Crippen molar-refractivity contribution in [2.24, 2.45) is 0 Å². The fourth-order valence-corrected chi connectivity index (χ4v) is 3.11. The number of quaternary nitrogens is 1. The fourth-order valence-electron chi connectivity index (χ4n) is 2.76. The first-order valence-electron chi connectivity index (χ1n) is 6.58. The summed E-state index contributed by atoms with van der Waals surface area (Å²) < 4.78 is 19.2. The normalized spacial score (nSPS) is 24.9. The smallest absolute Gasteiger partial charge is 0.358 e. The largest absolute Gasteiger partial charge is 0.431 e. The Bertz CT molecular complexity index is 573. The molecule has 1 fully saturated rings. The van der Waals surface area contributed by atoms with Crippen molar-refractivity contribution in [3.8, 4) is 0 Å². The highest BCUT2D eigenvalue weighted by Gasteiger charge is 2.52. The fraction of sp³-hybridized carbons (Fsp3) is 0.538. The zero-order valence-corrected chi connectivity index (χ0v) is 12.2. The van der Waals surface area contributed by atoms with E-state index in [-0.39, 0.29) is 21.8 Å². The lowest BCUT2D eigenvalue weighted by molar-refractivity contribution is 0.0186. The summed E-state index contributed by atoms with van der Waals surface area (Å²) in [5.74, 6) is -0.214. The highest BCUT2D eigenvalue weighted by Crippen LogP contribution is 2.46. The van der Waals surface area contributed by atoms with E-state index in [0.29, 0.717) is 18.1 Å². The maximum Gasteiger partial charge on any atom is 0.431 e. The number of hydrogen-bond acceptors (Lipinski definition) is 3. The lowest BCUT2D eigenvalue weighted by Crippen LogP contribution is -2.53. The number of aromatic nitrogens is 1. The number of fused-ring (bicyclic) bond motifs is 1. The lowest BCUT2D eigenvalue weighted by Gasteiger charge is -2.29. The Labute approximate surface area is 121 Å². The third-order valence-electron chi connectivity index (χ3n) is 3.84. The third kappa shape index (κ3) is 1.82. The van der Waals surface area contributed by atoms with Gasteiger partial charge in [-0.2, -0.15) is 0 Å². The molecule has 0 saturated carbocycles. The van der Waals surface area contributed by atoms with Crippen LogP contribution in [0.3, 0.4) is 0 Å². The van der Waals surface area contributed by atoms with Gasteiger partial charge >= 0.3 is 6.03 Å². The molecular weight excluding hydrogens is 285 g/mol. The summed E-state index contributed by atoms with van der Waals surface area (Å²) in [7, 11) is 3.36.